The molecule has 0 saturated carbocycles. The lowest BCUT2D eigenvalue weighted by molar-refractivity contribution is 0.0549. The molecule has 0 aliphatic carbocycles. The summed E-state index contributed by atoms with van der Waals surface area (Å²) in [6.07, 6.45) is 3.43. The molecule has 0 amide bonds. The zero-order valence-corrected chi connectivity index (χ0v) is 24.0. The summed E-state index contributed by atoms with van der Waals surface area (Å²) < 4.78 is 21.5. The number of thiophene rings is 1. The molecule has 2 aliphatic heterocycles. The van der Waals surface area contributed by atoms with Crippen LogP contribution >= 0.6 is 11.3 Å². The molecular weight excluding hydrogens is 513 g/mol. The highest BCUT2D eigenvalue weighted by Crippen LogP contribution is 2.38. The van der Waals surface area contributed by atoms with Gasteiger partial charge in [0.25, 0.3) is 5.95 Å². The Morgan fingerprint density at radius 3 is 2.74 bits per heavy atom. The second-order valence-electron chi connectivity index (χ2n) is 10.6. The average Bonchev–Trinajstić information content (AvgIpc) is 3.23. The van der Waals surface area contributed by atoms with Crippen molar-refractivity contribution in [2.75, 3.05) is 58.4 Å². The Balaban J connectivity index is 1.44. The van der Waals surface area contributed by atoms with Gasteiger partial charge in [-0.25, -0.2) is 14.4 Å². The lowest BCUT2D eigenvalue weighted by Crippen LogP contribution is -2.49. The average molecular weight is 552 g/mol. The zero-order chi connectivity index (χ0) is 27.5. The van der Waals surface area contributed by atoms with Gasteiger partial charge in [-0.05, 0) is 57.6 Å². The number of benzene rings is 1. The minimum absolute atomic E-state index is 0.0158. The summed E-state index contributed by atoms with van der Waals surface area (Å²) in [5.41, 5.74) is 11.1. The number of nitrogens with zero attached hydrogens (tertiary/aromatic N) is 6. The van der Waals surface area contributed by atoms with Gasteiger partial charge in [0.15, 0.2) is 5.82 Å². The van der Waals surface area contributed by atoms with Crippen LogP contribution in [0.25, 0.3) is 15.9 Å². The molecule has 10 heteroatoms. The van der Waals surface area contributed by atoms with Gasteiger partial charge < -0.3 is 20.3 Å². The van der Waals surface area contributed by atoms with E-state index in [-0.39, 0.29) is 6.04 Å². The van der Waals surface area contributed by atoms with Gasteiger partial charge in [-0.1, -0.05) is 23.8 Å². The number of nitrogens with two attached hydrogens (primary N) is 1. The molecule has 2 aromatic heterocycles. The molecule has 39 heavy (non-hydrogen) atoms. The van der Waals surface area contributed by atoms with Crippen LogP contribution in [-0.4, -0.2) is 91.7 Å². The fourth-order valence-electron chi connectivity index (χ4n) is 5.29. The van der Waals surface area contributed by atoms with Crippen molar-refractivity contribution < 1.29 is 9.13 Å². The minimum atomic E-state index is -0.853. The predicted molar refractivity (Wildman–Crippen MR) is 159 cm³/mol. The molecule has 8 nitrogen and oxygen atoms in total. The number of piperidine rings is 1. The minimum Gasteiger partial charge on any atom is -0.398 e. The van der Waals surface area contributed by atoms with Crippen molar-refractivity contribution in [1.82, 2.24) is 19.8 Å². The highest BCUT2D eigenvalue weighted by atomic mass is 32.1. The first-order valence-corrected chi connectivity index (χ1v) is 14.3. The third-order valence-electron chi connectivity index (χ3n) is 7.56. The highest BCUT2D eigenvalue weighted by Gasteiger charge is 2.31. The summed E-state index contributed by atoms with van der Waals surface area (Å²) in [7, 11) is 3.92. The fourth-order valence-corrected chi connectivity index (χ4v) is 6.60. The number of hydrogen-bond donors (Lipinski definition) is 1. The van der Waals surface area contributed by atoms with Crippen LogP contribution < -0.4 is 10.6 Å². The Morgan fingerprint density at radius 2 is 2.03 bits per heavy atom. The smallest absolute Gasteiger partial charge is 0.251 e. The number of hydrogen-bond acceptors (Lipinski definition) is 9. The van der Waals surface area contributed by atoms with Gasteiger partial charge in [0.2, 0.25) is 0 Å². The SMILES string of the molecule is Cc1cccc(/C(N)=C/C=N/c2nc(N3CCOCC3)c3sc(CN4CCC(N(C)C)C(F)C4)c(C)c3n2)c1. The van der Waals surface area contributed by atoms with E-state index in [1.807, 2.05) is 50.2 Å². The molecule has 4 heterocycles. The van der Waals surface area contributed by atoms with Gasteiger partial charge >= 0.3 is 0 Å². The van der Waals surface area contributed by atoms with E-state index in [2.05, 4.69) is 21.7 Å². The van der Waals surface area contributed by atoms with Crippen molar-refractivity contribution >= 4 is 45.2 Å². The Labute approximate surface area is 234 Å². The van der Waals surface area contributed by atoms with E-state index >= 15 is 0 Å². The third kappa shape index (κ3) is 6.30. The Morgan fingerprint density at radius 1 is 1.23 bits per heavy atom. The topological polar surface area (TPSA) is 83.1 Å². The van der Waals surface area contributed by atoms with E-state index in [1.54, 1.807) is 23.6 Å². The molecule has 2 aliphatic rings. The summed E-state index contributed by atoms with van der Waals surface area (Å²) in [5, 5.41) is 0. The van der Waals surface area contributed by atoms with Crippen LogP contribution in [0.2, 0.25) is 0 Å². The number of fused-ring (bicyclic) bond motifs is 1. The second-order valence-corrected chi connectivity index (χ2v) is 11.7. The molecule has 2 atom stereocenters. The van der Waals surface area contributed by atoms with Crippen LogP contribution in [0.1, 0.15) is 28.0 Å². The third-order valence-corrected chi connectivity index (χ3v) is 8.82. The van der Waals surface area contributed by atoms with Crippen LogP contribution in [0, 0.1) is 13.8 Å². The molecule has 208 valence electrons. The molecular formula is C29H38FN7OS. The number of rotatable bonds is 7. The van der Waals surface area contributed by atoms with Crippen LogP contribution in [0.4, 0.5) is 16.2 Å². The van der Waals surface area contributed by atoms with E-state index in [0.29, 0.717) is 37.9 Å². The summed E-state index contributed by atoms with van der Waals surface area (Å²) in [5.74, 6) is 1.29. The lowest BCUT2D eigenvalue weighted by atomic mass is 10.0. The number of ether oxygens (including phenoxy) is 1. The molecule has 3 aromatic rings. The lowest BCUT2D eigenvalue weighted by Gasteiger charge is -2.37. The molecule has 2 unspecified atom stereocenters. The summed E-state index contributed by atoms with van der Waals surface area (Å²) in [4.78, 5) is 22.0. The summed E-state index contributed by atoms with van der Waals surface area (Å²) >= 11 is 1.72. The van der Waals surface area contributed by atoms with E-state index in [0.717, 1.165) is 58.8 Å². The first kappa shape index (κ1) is 27.6. The van der Waals surface area contributed by atoms with E-state index < -0.39 is 6.17 Å². The number of aryl methyl sites for hydroxylation is 2. The van der Waals surface area contributed by atoms with Crippen molar-refractivity contribution in [3.8, 4) is 0 Å². The Kier molecular flexibility index (Phi) is 8.56. The standard InChI is InChI=1S/C29H38FN7OS/c1-19-6-5-7-21(16-19)23(31)8-10-32-29-33-26-20(2)25(18-36-11-9-24(35(3)4)22(30)17-36)39-27(26)28(34-29)37-12-14-38-15-13-37/h5-8,10,16,22,24H,9,11-15,17-18,31H2,1-4H3/b23-8-,32-10+. The quantitative estimate of drug-likeness (QED) is 0.438. The Bertz CT molecular complexity index is 1370. The summed E-state index contributed by atoms with van der Waals surface area (Å²) in [6.45, 7) is 9.04. The predicted octanol–water partition coefficient (Wildman–Crippen LogP) is 4.32. The van der Waals surface area contributed by atoms with Crippen LogP contribution in [0.3, 0.4) is 0 Å². The number of aliphatic imine (C=N–C) groups is 1. The van der Waals surface area contributed by atoms with Gasteiger partial charge in [0, 0.05) is 55.6 Å². The highest BCUT2D eigenvalue weighted by molar-refractivity contribution is 7.19. The number of morpholine rings is 1. The first-order chi connectivity index (χ1) is 18.8. The number of allylic oxidation sites excluding steroid dienone is 1. The van der Waals surface area contributed by atoms with Crippen molar-refractivity contribution in [1.29, 1.82) is 0 Å². The van der Waals surface area contributed by atoms with Gasteiger partial charge in [-0.3, -0.25) is 4.90 Å². The summed E-state index contributed by atoms with van der Waals surface area (Å²) in [6, 6.07) is 8.04. The van der Waals surface area contributed by atoms with E-state index in [4.69, 9.17) is 20.4 Å². The monoisotopic (exact) mass is 551 g/mol. The van der Waals surface area contributed by atoms with Crippen LogP contribution in [0.15, 0.2) is 35.3 Å². The molecule has 1 aromatic carbocycles. The van der Waals surface area contributed by atoms with Crippen molar-refractivity contribution in [3.63, 3.8) is 0 Å². The fraction of sp³-hybridized carbons (Fsp3) is 0.483. The molecule has 0 spiro atoms. The molecule has 2 saturated heterocycles. The van der Waals surface area contributed by atoms with E-state index in [9.17, 15) is 4.39 Å². The maximum Gasteiger partial charge on any atom is 0.251 e. The van der Waals surface area contributed by atoms with E-state index in [1.165, 1.54) is 4.88 Å². The molecule has 5 rings (SSSR count). The Hall–Kier alpha value is -2.92. The maximum atomic E-state index is 14.9. The number of anilines is 1. The number of halogens is 1. The van der Waals surface area contributed by atoms with Gasteiger partial charge in [-0.15, -0.1) is 11.3 Å². The van der Waals surface area contributed by atoms with Crippen LogP contribution in [0.5, 0.6) is 0 Å². The molecule has 2 N–H and O–H groups in total. The van der Waals surface area contributed by atoms with Crippen molar-refractivity contribution in [2.24, 2.45) is 10.7 Å². The molecule has 2 fully saturated rings. The molecule has 0 radical (unpaired) electrons. The number of alkyl halides is 1. The van der Waals surface area contributed by atoms with Gasteiger partial charge in [0.05, 0.1) is 23.4 Å². The second kappa shape index (κ2) is 12.1. The molecule has 0 bridgehead atoms. The maximum absolute atomic E-state index is 14.9. The van der Waals surface area contributed by atoms with Crippen LogP contribution in [-0.2, 0) is 11.3 Å². The van der Waals surface area contributed by atoms with Gasteiger partial charge in [0.1, 0.15) is 6.17 Å². The van der Waals surface area contributed by atoms with Crippen molar-refractivity contribution in [2.45, 2.75) is 39.0 Å². The zero-order valence-electron chi connectivity index (χ0n) is 23.2. The van der Waals surface area contributed by atoms with Gasteiger partial charge in [-0.2, -0.15) is 4.98 Å². The first-order valence-electron chi connectivity index (χ1n) is 13.5. The van der Waals surface area contributed by atoms with Crippen molar-refractivity contribution in [3.05, 3.63) is 51.9 Å². The number of aromatic nitrogens is 2. The normalized spacial score (nSPS) is 21.5. The number of likely N-dealkylation sites (tertiary alicyclic amines) is 1. The largest absolute Gasteiger partial charge is 0.398 e.